The first-order valence-corrected chi connectivity index (χ1v) is 4.74. The Kier molecular flexibility index (Phi) is 3.52. The lowest BCUT2D eigenvalue weighted by Gasteiger charge is -2.02. The quantitative estimate of drug-likeness (QED) is 0.644. The number of benzene rings is 1. The predicted octanol–water partition coefficient (Wildman–Crippen LogP) is 3.66. The summed E-state index contributed by atoms with van der Waals surface area (Å²) in [4.78, 5) is 4.25. The molecule has 0 aliphatic carbocycles. The standard InChI is InChI=1S/C12H16N/c1-4-11-8-6-7-9-12(11)10(3)13-5-2/h6-10H,4H2,1-3H3/q+1/t10-/m1/s1. The van der Waals surface area contributed by atoms with Crippen LogP contribution < -0.4 is 0 Å². The zero-order valence-electron chi connectivity index (χ0n) is 8.54. The van der Waals surface area contributed by atoms with Gasteiger partial charge in [0.1, 0.15) is 0 Å². The lowest BCUT2D eigenvalue weighted by Crippen LogP contribution is -1.93. The van der Waals surface area contributed by atoms with Crippen LogP contribution in [0.5, 0.6) is 0 Å². The summed E-state index contributed by atoms with van der Waals surface area (Å²) in [6, 6.07) is 11.5. The van der Waals surface area contributed by atoms with Crippen molar-refractivity contribution in [2.75, 3.05) is 0 Å². The molecule has 0 spiro atoms. The Hall–Kier alpha value is -1.29. The van der Waals surface area contributed by atoms with Crippen molar-refractivity contribution < 1.29 is 0 Å². The highest BCUT2D eigenvalue weighted by atomic mass is 14.7. The van der Waals surface area contributed by atoms with Gasteiger partial charge in [-0.15, -0.1) is 0 Å². The minimum atomic E-state index is 0.237. The Bertz CT molecular complexity index is 330. The fourth-order valence-electron chi connectivity index (χ4n) is 1.53. The third kappa shape index (κ3) is 2.32. The molecule has 0 aliphatic rings. The number of hydrogen-bond donors (Lipinski definition) is 0. The SMILES string of the molecule is CC#[N+][C@H](C)c1ccccc1CC. The van der Waals surface area contributed by atoms with Gasteiger partial charge in [0.2, 0.25) is 0 Å². The molecule has 1 nitrogen and oxygen atoms in total. The van der Waals surface area contributed by atoms with E-state index in [-0.39, 0.29) is 6.04 Å². The van der Waals surface area contributed by atoms with Crippen molar-refractivity contribution in [1.82, 2.24) is 0 Å². The molecule has 0 radical (unpaired) electrons. The van der Waals surface area contributed by atoms with Crippen LogP contribution in [0.3, 0.4) is 0 Å². The van der Waals surface area contributed by atoms with E-state index in [2.05, 4.69) is 49.0 Å². The molecule has 0 aromatic heterocycles. The fraction of sp³-hybridized carbons (Fsp3) is 0.417. The molecule has 1 rings (SSSR count). The summed E-state index contributed by atoms with van der Waals surface area (Å²) < 4.78 is 0. The first-order chi connectivity index (χ1) is 6.29. The maximum Gasteiger partial charge on any atom is 0.294 e. The van der Waals surface area contributed by atoms with E-state index < -0.39 is 0 Å². The number of nitrogens with zero attached hydrogens (tertiary/aromatic N) is 1. The van der Waals surface area contributed by atoms with Crippen molar-refractivity contribution in [3.05, 3.63) is 40.2 Å². The summed E-state index contributed by atoms with van der Waals surface area (Å²) in [5, 5.41) is 0. The molecule has 0 saturated carbocycles. The molecule has 68 valence electrons. The van der Waals surface area contributed by atoms with E-state index in [1.54, 1.807) is 0 Å². The molecule has 0 aliphatic heterocycles. The van der Waals surface area contributed by atoms with Gasteiger partial charge in [-0.2, -0.15) is 0 Å². The maximum atomic E-state index is 4.25. The molecule has 13 heavy (non-hydrogen) atoms. The summed E-state index contributed by atoms with van der Waals surface area (Å²) >= 11 is 0. The van der Waals surface area contributed by atoms with Crippen LogP contribution in [0.15, 0.2) is 24.3 Å². The van der Waals surface area contributed by atoms with Crippen LogP contribution in [-0.2, 0) is 6.42 Å². The van der Waals surface area contributed by atoms with E-state index in [4.69, 9.17) is 0 Å². The van der Waals surface area contributed by atoms with Gasteiger partial charge in [-0.05, 0) is 12.0 Å². The average Bonchev–Trinajstić information content (AvgIpc) is 2.18. The molecule has 1 aromatic carbocycles. The van der Waals surface area contributed by atoms with Gasteiger partial charge in [-0.3, -0.25) is 0 Å². The molecule has 1 aromatic rings. The monoisotopic (exact) mass is 174 g/mol. The molecule has 0 fully saturated rings. The van der Waals surface area contributed by atoms with Gasteiger partial charge in [-0.1, -0.05) is 36.0 Å². The largest absolute Gasteiger partial charge is 0.294 e. The molecule has 0 N–H and O–H groups in total. The Morgan fingerprint density at radius 3 is 2.69 bits per heavy atom. The zero-order chi connectivity index (χ0) is 9.68. The molecule has 0 saturated heterocycles. The maximum absolute atomic E-state index is 4.25. The van der Waals surface area contributed by atoms with Crippen molar-refractivity contribution in [1.29, 1.82) is 0 Å². The summed E-state index contributed by atoms with van der Waals surface area (Å²) in [5.74, 6) is 0. The summed E-state index contributed by atoms with van der Waals surface area (Å²) in [7, 11) is 0. The zero-order valence-corrected chi connectivity index (χ0v) is 8.54. The normalized spacial score (nSPS) is 11.6. The third-order valence-corrected chi connectivity index (χ3v) is 2.21. The van der Waals surface area contributed by atoms with Crippen LogP contribution in [0.4, 0.5) is 0 Å². The summed E-state index contributed by atoms with van der Waals surface area (Å²) in [6.45, 7) is 6.11. The van der Waals surface area contributed by atoms with Crippen LogP contribution in [-0.4, -0.2) is 0 Å². The fourth-order valence-corrected chi connectivity index (χ4v) is 1.53. The number of hydrogen-bond acceptors (Lipinski definition) is 0. The van der Waals surface area contributed by atoms with Gasteiger partial charge in [0.05, 0.1) is 6.92 Å². The van der Waals surface area contributed by atoms with Gasteiger partial charge in [-0.25, -0.2) is 0 Å². The van der Waals surface area contributed by atoms with E-state index in [1.807, 2.05) is 6.92 Å². The number of rotatable bonds is 2. The van der Waals surface area contributed by atoms with Crippen LogP contribution in [0.1, 0.15) is 37.9 Å². The second kappa shape index (κ2) is 4.67. The molecule has 1 atom stereocenters. The topological polar surface area (TPSA) is 4.36 Å². The van der Waals surface area contributed by atoms with E-state index in [1.165, 1.54) is 11.1 Å². The highest BCUT2D eigenvalue weighted by molar-refractivity contribution is 5.31. The minimum Gasteiger partial charge on any atom is -0.0758 e. The second-order valence-electron chi connectivity index (χ2n) is 3.08. The molecular formula is C12H16N+. The Morgan fingerprint density at radius 1 is 1.38 bits per heavy atom. The number of aryl methyl sites for hydroxylation is 1. The molecule has 1 heteroatoms. The molecule has 0 unspecified atom stereocenters. The first kappa shape index (κ1) is 9.80. The Balaban J connectivity index is 3.02. The van der Waals surface area contributed by atoms with E-state index >= 15 is 0 Å². The third-order valence-electron chi connectivity index (χ3n) is 2.21. The van der Waals surface area contributed by atoms with Crippen LogP contribution >= 0.6 is 0 Å². The Morgan fingerprint density at radius 2 is 2.08 bits per heavy atom. The molecule has 0 bridgehead atoms. The highest BCUT2D eigenvalue weighted by Crippen LogP contribution is 2.21. The van der Waals surface area contributed by atoms with Crippen molar-refractivity contribution in [3.63, 3.8) is 0 Å². The van der Waals surface area contributed by atoms with Crippen molar-refractivity contribution in [3.8, 4) is 6.07 Å². The van der Waals surface area contributed by atoms with Crippen molar-refractivity contribution in [2.24, 2.45) is 0 Å². The lowest BCUT2D eigenvalue weighted by molar-refractivity contribution is 0.924. The second-order valence-corrected chi connectivity index (χ2v) is 3.08. The van der Waals surface area contributed by atoms with Crippen LogP contribution in [0.2, 0.25) is 0 Å². The van der Waals surface area contributed by atoms with Gasteiger partial charge in [0.25, 0.3) is 12.1 Å². The van der Waals surface area contributed by atoms with Gasteiger partial charge >= 0.3 is 0 Å². The van der Waals surface area contributed by atoms with E-state index in [0.29, 0.717) is 0 Å². The average molecular weight is 174 g/mol. The summed E-state index contributed by atoms with van der Waals surface area (Å²) in [6.07, 6.45) is 1.07. The highest BCUT2D eigenvalue weighted by Gasteiger charge is 2.14. The minimum absolute atomic E-state index is 0.237. The van der Waals surface area contributed by atoms with Gasteiger partial charge < -0.3 is 0 Å². The van der Waals surface area contributed by atoms with E-state index in [9.17, 15) is 0 Å². The molecule has 0 heterocycles. The lowest BCUT2D eigenvalue weighted by atomic mass is 10.0. The van der Waals surface area contributed by atoms with Gasteiger partial charge in [0, 0.05) is 12.5 Å². The van der Waals surface area contributed by atoms with Crippen LogP contribution in [0, 0.1) is 6.07 Å². The smallest absolute Gasteiger partial charge is 0.0758 e. The predicted molar refractivity (Wildman–Crippen MR) is 57.2 cm³/mol. The van der Waals surface area contributed by atoms with Crippen molar-refractivity contribution >= 4 is 0 Å². The molecule has 0 amide bonds. The summed E-state index contributed by atoms with van der Waals surface area (Å²) in [5.41, 5.74) is 2.70. The van der Waals surface area contributed by atoms with Crippen LogP contribution in [0.25, 0.3) is 4.85 Å². The van der Waals surface area contributed by atoms with Gasteiger partial charge in [0.15, 0.2) is 0 Å². The van der Waals surface area contributed by atoms with E-state index in [0.717, 1.165) is 6.42 Å². The molecular weight excluding hydrogens is 158 g/mol. The Labute approximate surface area is 80.2 Å². The first-order valence-electron chi connectivity index (χ1n) is 4.74. The van der Waals surface area contributed by atoms with Crippen molar-refractivity contribution in [2.45, 2.75) is 33.2 Å².